The van der Waals surface area contributed by atoms with Crippen LogP contribution in [0.1, 0.15) is 19.4 Å². The number of ether oxygens (including phenoxy) is 1. The predicted octanol–water partition coefficient (Wildman–Crippen LogP) is 3.36. The molecule has 0 spiro atoms. The van der Waals surface area contributed by atoms with Gasteiger partial charge in [-0.25, -0.2) is 0 Å². The minimum absolute atomic E-state index is 0.452. The summed E-state index contributed by atoms with van der Waals surface area (Å²) in [5.74, 6) is 0.852. The molecular formula is C17H23N3O. The van der Waals surface area contributed by atoms with Crippen LogP contribution >= 0.6 is 0 Å². The number of rotatable bonds is 6. The molecule has 0 saturated heterocycles. The van der Waals surface area contributed by atoms with Gasteiger partial charge < -0.3 is 15.0 Å². The molecule has 0 aliphatic rings. The quantitative estimate of drug-likeness (QED) is 0.883. The molecule has 2 aromatic rings. The van der Waals surface area contributed by atoms with E-state index in [1.54, 1.807) is 7.11 Å². The number of hydrogen-bond donors (Lipinski definition) is 1. The van der Waals surface area contributed by atoms with Crippen LogP contribution in [0.4, 0.5) is 11.4 Å². The zero-order chi connectivity index (χ0) is 15.2. The van der Waals surface area contributed by atoms with Crippen molar-refractivity contribution in [3.8, 4) is 5.75 Å². The Hall–Kier alpha value is -2.07. The maximum atomic E-state index is 5.30. The highest BCUT2D eigenvalue weighted by molar-refractivity contribution is 5.66. The number of benzene rings is 1. The number of anilines is 2. The summed E-state index contributed by atoms with van der Waals surface area (Å²) in [6.45, 7) is 5.11. The van der Waals surface area contributed by atoms with Gasteiger partial charge in [0.1, 0.15) is 5.75 Å². The van der Waals surface area contributed by atoms with Crippen molar-refractivity contribution in [1.82, 2.24) is 10.3 Å². The van der Waals surface area contributed by atoms with Crippen LogP contribution in [-0.2, 0) is 6.54 Å². The fraction of sp³-hybridized carbons (Fsp3) is 0.353. The van der Waals surface area contributed by atoms with Crippen LogP contribution in [0.2, 0.25) is 0 Å². The number of aromatic nitrogens is 1. The number of nitrogens with zero attached hydrogens (tertiary/aromatic N) is 2. The maximum absolute atomic E-state index is 5.30. The lowest BCUT2D eigenvalue weighted by Crippen LogP contribution is -2.23. The molecule has 0 fully saturated rings. The second-order valence-electron chi connectivity index (χ2n) is 5.30. The van der Waals surface area contributed by atoms with Crippen LogP contribution in [0.3, 0.4) is 0 Å². The lowest BCUT2D eigenvalue weighted by molar-refractivity contribution is 0.415. The van der Waals surface area contributed by atoms with E-state index in [1.165, 1.54) is 5.56 Å². The van der Waals surface area contributed by atoms with E-state index in [-0.39, 0.29) is 0 Å². The van der Waals surface area contributed by atoms with E-state index in [2.05, 4.69) is 41.2 Å². The second-order valence-corrected chi connectivity index (χ2v) is 5.30. The minimum Gasteiger partial charge on any atom is -0.497 e. The number of nitrogens with one attached hydrogen (secondary N) is 1. The standard InChI is InChI=1S/C17H23N3O/c1-13(2)19-11-14-8-9-18-12-17(14)20(3)15-6-5-7-16(10-15)21-4/h5-10,12-13,19H,11H2,1-4H3. The summed E-state index contributed by atoms with van der Waals surface area (Å²) < 4.78 is 5.30. The third-order valence-electron chi connectivity index (χ3n) is 3.39. The van der Waals surface area contributed by atoms with Crippen molar-refractivity contribution in [3.05, 3.63) is 48.3 Å². The molecule has 1 N–H and O–H groups in total. The Balaban J connectivity index is 2.27. The summed E-state index contributed by atoms with van der Waals surface area (Å²) in [5.41, 5.74) is 3.40. The monoisotopic (exact) mass is 285 g/mol. The first kappa shape index (κ1) is 15.3. The van der Waals surface area contributed by atoms with Gasteiger partial charge in [-0.05, 0) is 23.8 Å². The Kier molecular flexibility index (Phi) is 5.17. The smallest absolute Gasteiger partial charge is 0.120 e. The fourth-order valence-electron chi connectivity index (χ4n) is 2.14. The van der Waals surface area contributed by atoms with Crippen LogP contribution < -0.4 is 15.0 Å². The normalized spacial score (nSPS) is 10.7. The molecule has 0 amide bonds. The summed E-state index contributed by atoms with van der Waals surface area (Å²) in [6.07, 6.45) is 3.73. The number of methoxy groups -OCH3 is 1. The molecular weight excluding hydrogens is 262 g/mol. The zero-order valence-electron chi connectivity index (χ0n) is 13.1. The van der Waals surface area contributed by atoms with Crippen LogP contribution in [-0.4, -0.2) is 25.2 Å². The van der Waals surface area contributed by atoms with Crippen molar-refractivity contribution in [3.63, 3.8) is 0 Å². The summed E-state index contributed by atoms with van der Waals surface area (Å²) in [7, 11) is 3.73. The molecule has 0 aliphatic heterocycles. The first-order chi connectivity index (χ1) is 10.1. The first-order valence-electron chi connectivity index (χ1n) is 7.16. The largest absolute Gasteiger partial charge is 0.497 e. The highest BCUT2D eigenvalue weighted by atomic mass is 16.5. The Morgan fingerprint density at radius 3 is 2.81 bits per heavy atom. The Morgan fingerprint density at radius 1 is 1.29 bits per heavy atom. The van der Waals surface area contributed by atoms with E-state index in [0.29, 0.717) is 6.04 Å². The zero-order valence-corrected chi connectivity index (χ0v) is 13.1. The van der Waals surface area contributed by atoms with Gasteiger partial charge in [0.2, 0.25) is 0 Å². The van der Waals surface area contributed by atoms with Crippen molar-refractivity contribution >= 4 is 11.4 Å². The molecule has 0 saturated carbocycles. The van der Waals surface area contributed by atoms with Crippen LogP contribution in [0, 0.1) is 0 Å². The van der Waals surface area contributed by atoms with E-state index in [1.807, 2.05) is 37.6 Å². The molecule has 0 atom stereocenters. The van der Waals surface area contributed by atoms with Crippen molar-refractivity contribution < 1.29 is 4.74 Å². The third kappa shape index (κ3) is 3.95. The minimum atomic E-state index is 0.452. The van der Waals surface area contributed by atoms with E-state index in [0.717, 1.165) is 23.7 Å². The summed E-state index contributed by atoms with van der Waals surface area (Å²) in [5, 5.41) is 3.45. The molecule has 4 nitrogen and oxygen atoms in total. The molecule has 112 valence electrons. The first-order valence-corrected chi connectivity index (χ1v) is 7.16. The van der Waals surface area contributed by atoms with Crippen molar-refractivity contribution in [2.75, 3.05) is 19.1 Å². The lowest BCUT2D eigenvalue weighted by atomic mass is 10.2. The third-order valence-corrected chi connectivity index (χ3v) is 3.39. The van der Waals surface area contributed by atoms with Gasteiger partial charge >= 0.3 is 0 Å². The summed E-state index contributed by atoms with van der Waals surface area (Å²) in [4.78, 5) is 6.39. The average Bonchev–Trinajstić information content (AvgIpc) is 2.52. The van der Waals surface area contributed by atoms with Gasteiger partial charge in [-0.3, -0.25) is 4.98 Å². The molecule has 4 heteroatoms. The van der Waals surface area contributed by atoms with Gasteiger partial charge in [-0.1, -0.05) is 19.9 Å². The van der Waals surface area contributed by atoms with Crippen molar-refractivity contribution in [1.29, 1.82) is 0 Å². The molecule has 1 aromatic carbocycles. The van der Waals surface area contributed by atoms with Gasteiger partial charge in [0.15, 0.2) is 0 Å². The lowest BCUT2D eigenvalue weighted by Gasteiger charge is -2.23. The molecule has 0 aliphatic carbocycles. The topological polar surface area (TPSA) is 37.4 Å². The molecule has 2 rings (SSSR count). The predicted molar refractivity (Wildman–Crippen MR) is 87.3 cm³/mol. The number of pyridine rings is 1. The van der Waals surface area contributed by atoms with Crippen LogP contribution in [0.5, 0.6) is 5.75 Å². The van der Waals surface area contributed by atoms with E-state index in [4.69, 9.17) is 4.74 Å². The SMILES string of the molecule is COc1cccc(N(C)c2cnccc2CNC(C)C)c1. The Labute approximate surface area is 126 Å². The van der Waals surface area contributed by atoms with Crippen molar-refractivity contribution in [2.45, 2.75) is 26.4 Å². The molecule has 0 unspecified atom stereocenters. The Morgan fingerprint density at radius 2 is 2.10 bits per heavy atom. The second kappa shape index (κ2) is 7.09. The highest BCUT2D eigenvalue weighted by Gasteiger charge is 2.10. The highest BCUT2D eigenvalue weighted by Crippen LogP contribution is 2.28. The van der Waals surface area contributed by atoms with Crippen molar-refractivity contribution in [2.24, 2.45) is 0 Å². The van der Waals surface area contributed by atoms with Gasteiger partial charge in [0.05, 0.1) is 19.0 Å². The van der Waals surface area contributed by atoms with E-state index in [9.17, 15) is 0 Å². The Bertz CT molecular complexity index is 584. The summed E-state index contributed by atoms with van der Waals surface area (Å²) in [6, 6.07) is 10.5. The van der Waals surface area contributed by atoms with Gasteiger partial charge in [-0.15, -0.1) is 0 Å². The van der Waals surface area contributed by atoms with Gasteiger partial charge in [0.25, 0.3) is 0 Å². The summed E-state index contributed by atoms with van der Waals surface area (Å²) >= 11 is 0. The maximum Gasteiger partial charge on any atom is 0.120 e. The van der Waals surface area contributed by atoms with Gasteiger partial charge in [-0.2, -0.15) is 0 Å². The molecule has 1 heterocycles. The molecule has 1 aromatic heterocycles. The average molecular weight is 285 g/mol. The van der Waals surface area contributed by atoms with Crippen LogP contribution in [0.15, 0.2) is 42.7 Å². The number of hydrogen-bond acceptors (Lipinski definition) is 4. The van der Waals surface area contributed by atoms with Gasteiger partial charge in [0, 0.05) is 37.6 Å². The van der Waals surface area contributed by atoms with E-state index < -0.39 is 0 Å². The van der Waals surface area contributed by atoms with Crippen LogP contribution in [0.25, 0.3) is 0 Å². The van der Waals surface area contributed by atoms with E-state index >= 15 is 0 Å². The fourth-order valence-corrected chi connectivity index (χ4v) is 2.14. The molecule has 0 radical (unpaired) electrons. The molecule has 21 heavy (non-hydrogen) atoms. The molecule has 0 bridgehead atoms.